The Balaban J connectivity index is 1.81. The van der Waals surface area contributed by atoms with E-state index in [1.807, 2.05) is 29.1 Å². The van der Waals surface area contributed by atoms with Crippen LogP contribution in [0.3, 0.4) is 0 Å². The first-order valence-corrected chi connectivity index (χ1v) is 8.35. The Bertz CT molecular complexity index is 650. The minimum atomic E-state index is 0.616. The van der Waals surface area contributed by atoms with Crippen LogP contribution in [0.2, 0.25) is 0 Å². The monoisotopic (exact) mass is 329 g/mol. The van der Waals surface area contributed by atoms with Crippen molar-refractivity contribution in [1.29, 1.82) is 0 Å². The normalized spacial score (nSPS) is 11.4. The summed E-state index contributed by atoms with van der Waals surface area (Å²) < 4.78 is 7.21. The minimum absolute atomic E-state index is 0.616. The highest BCUT2D eigenvalue weighted by Crippen LogP contribution is 2.13. The maximum Gasteiger partial charge on any atom is 0.191 e. The maximum atomic E-state index is 5.24. The number of rotatable bonds is 8. The Labute approximate surface area is 143 Å². The van der Waals surface area contributed by atoms with Gasteiger partial charge >= 0.3 is 0 Å². The van der Waals surface area contributed by atoms with Crippen molar-refractivity contribution in [2.24, 2.45) is 4.99 Å². The van der Waals surface area contributed by atoms with Crippen LogP contribution in [-0.2, 0) is 13.1 Å². The lowest BCUT2D eigenvalue weighted by Crippen LogP contribution is -2.38. The van der Waals surface area contributed by atoms with Gasteiger partial charge in [0.25, 0.3) is 0 Å². The molecule has 24 heavy (non-hydrogen) atoms. The van der Waals surface area contributed by atoms with Crippen molar-refractivity contribution in [1.82, 2.24) is 20.4 Å². The minimum Gasteiger partial charge on any atom is -0.497 e. The Hall–Kier alpha value is -2.50. The largest absolute Gasteiger partial charge is 0.497 e. The third-order valence-corrected chi connectivity index (χ3v) is 3.52. The first kappa shape index (κ1) is 17.8. The standard InChI is InChI=1S/C18H27N5O/c1-4-19-18(20-9-6-10-23-14-15(2)12-22-23)21-13-16-7-5-8-17(11-16)24-3/h5,7-8,11-12,14H,4,6,9-10,13H2,1-3H3,(H2,19,20,21). The van der Waals surface area contributed by atoms with Crippen LogP contribution in [0.4, 0.5) is 0 Å². The van der Waals surface area contributed by atoms with E-state index in [0.717, 1.165) is 43.3 Å². The molecule has 6 heteroatoms. The lowest BCUT2D eigenvalue weighted by Gasteiger charge is -2.11. The van der Waals surface area contributed by atoms with Crippen LogP contribution in [0.5, 0.6) is 5.75 Å². The maximum absolute atomic E-state index is 5.24. The van der Waals surface area contributed by atoms with E-state index >= 15 is 0 Å². The summed E-state index contributed by atoms with van der Waals surface area (Å²) in [7, 11) is 1.68. The smallest absolute Gasteiger partial charge is 0.191 e. The number of hydrogen-bond donors (Lipinski definition) is 2. The number of aliphatic imine (C=N–C) groups is 1. The number of hydrogen-bond acceptors (Lipinski definition) is 3. The van der Waals surface area contributed by atoms with E-state index < -0.39 is 0 Å². The highest BCUT2D eigenvalue weighted by atomic mass is 16.5. The van der Waals surface area contributed by atoms with Crippen molar-refractivity contribution < 1.29 is 4.74 Å². The number of guanidine groups is 1. The second-order valence-corrected chi connectivity index (χ2v) is 5.61. The van der Waals surface area contributed by atoms with E-state index in [2.05, 4.69) is 46.8 Å². The van der Waals surface area contributed by atoms with Gasteiger partial charge in [0.2, 0.25) is 0 Å². The molecule has 0 atom stereocenters. The number of aromatic nitrogens is 2. The quantitative estimate of drug-likeness (QED) is 0.443. The number of nitrogens with zero attached hydrogens (tertiary/aromatic N) is 3. The van der Waals surface area contributed by atoms with Gasteiger partial charge < -0.3 is 15.4 Å². The molecule has 130 valence electrons. The predicted octanol–water partition coefficient (Wildman–Crippen LogP) is 2.35. The van der Waals surface area contributed by atoms with Crippen molar-refractivity contribution in [3.05, 3.63) is 47.8 Å². The van der Waals surface area contributed by atoms with Gasteiger partial charge in [0.15, 0.2) is 5.96 Å². The zero-order valence-corrected chi connectivity index (χ0v) is 14.7. The summed E-state index contributed by atoms with van der Waals surface area (Å²) in [5, 5.41) is 10.9. The highest BCUT2D eigenvalue weighted by Gasteiger charge is 2.00. The fraction of sp³-hybridized carbons (Fsp3) is 0.444. The zero-order chi connectivity index (χ0) is 17.2. The molecule has 0 spiro atoms. The molecule has 1 aromatic heterocycles. The molecule has 0 bridgehead atoms. The van der Waals surface area contributed by atoms with Gasteiger partial charge in [-0.3, -0.25) is 4.68 Å². The summed E-state index contributed by atoms with van der Waals surface area (Å²) in [5.74, 6) is 1.69. The molecule has 6 nitrogen and oxygen atoms in total. The second kappa shape index (κ2) is 9.60. The van der Waals surface area contributed by atoms with E-state index in [1.54, 1.807) is 7.11 Å². The number of aryl methyl sites for hydroxylation is 2. The van der Waals surface area contributed by atoms with Crippen molar-refractivity contribution in [2.45, 2.75) is 33.4 Å². The van der Waals surface area contributed by atoms with E-state index in [0.29, 0.717) is 6.54 Å². The van der Waals surface area contributed by atoms with Crippen molar-refractivity contribution in [3.8, 4) is 5.75 Å². The summed E-state index contributed by atoms with van der Waals surface area (Å²) in [4.78, 5) is 4.62. The molecule has 0 aliphatic carbocycles. The molecule has 0 radical (unpaired) electrons. The van der Waals surface area contributed by atoms with Crippen LogP contribution < -0.4 is 15.4 Å². The lowest BCUT2D eigenvalue weighted by molar-refractivity contribution is 0.414. The molecule has 2 N–H and O–H groups in total. The molecule has 2 aromatic rings. The number of benzene rings is 1. The molecular weight excluding hydrogens is 302 g/mol. The predicted molar refractivity (Wildman–Crippen MR) is 97.4 cm³/mol. The lowest BCUT2D eigenvalue weighted by atomic mass is 10.2. The Morgan fingerprint density at radius 2 is 2.21 bits per heavy atom. The number of ether oxygens (including phenoxy) is 1. The van der Waals surface area contributed by atoms with Gasteiger partial charge in [0, 0.05) is 25.8 Å². The van der Waals surface area contributed by atoms with Gasteiger partial charge in [0.1, 0.15) is 5.75 Å². The molecule has 1 heterocycles. The van der Waals surface area contributed by atoms with Gasteiger partial charge in [-0.05, 0) is 43.5 Å². The van der Waals surface area contributed by atoms with Crippen LogP contribution in [0, 0.1) is 6.92 Å². The van der Waals surface area contributed by atoms with Crippen LogP contribution in [-0.4, -0.2) is 35.9 Å². The van der Waals surface area contributed by atoms with Gasteiger partial charge in [-0.25, -0.2) is 4.99 Å². The number of methoxy groups -OCH3 is 1. The summed E-state index contributed by atoms with van der Waals surface area (Å²) >= 11 is 0. The Morgan fingerprint density at radius 1 is 1.33 bits per heavy atom. The molecule has 0 unspecified atom stereocenters. The van der Waals surface area contributed by atoms with Crippen LogP contribution in [0.1, 0.15) is 24.5 Å². The first-order chi connectivity index (χ1) is 11.7. The van der Waals surface area contributed by atoms with E-state index in [1.165, 1.54) is 5.56 Å². The molecule has 0 aliphatic rings. The summed E-state index contributed by atoms with van der Waals surface area (Å²) in [6.45, 7) is 7.32. The molecule has 0 aliphatic heterocycles. The average Bonchev–Trinajstić information content (AvgIpc) is 3.02. The topological polar surface area (TPSA) is 63.5 Å². The van der Waals surface area contributed by atoms with E-state index in [-0.39, 0.29) is 0 Å². The fourth-order valence-corrected chi connectivity index (χ4v) is 2.32. The molecule has 0 saturated heterocycles. The molecule has 1 aromatic carbocycles. The summed E-state index contributed by atoms with van der Waals surface area (Å²) in [6.07, 6.45) is 4.93. The van der Waals surface area contributed by atoms with Crippen molar-refractivity contribution in [2.75, 3.05) is 20.2 Å². The third kappa shape index (κ3) is 5.95. The second-order valence-electron chi connectivity index (χ2n) is 5.61. The van der Waals surface area contributed by atoms with Crippen LogP contribution >= 0.6 is 0 Å². The van der Waals surface area contributed by atoms with Gasteiger partial charge in [-0.15, -0.1) is 0 Å². The molecule has 0 saturated carbocycles. The highest BCUT2D eigenvalue weighted by molar-refractivity contribution is 5.79. The van der Waals surface area contributed by atoms with E-state index in [4.69, 9.17) is 4.74 Å². The summed E-state index contributed by atoms with van der Waals surface area (Å²) in [6, 6.07) is 7.98. The fourth-order valence-electron chi connectivity index (χ4n) is 2.32. The summed E-state index contributed by atoms with van der Waals surface area (Å²) in [5.41, 5.74) is 2.31. The third-order valence-electron chi connectivity index (χ3n) is 3.52. The first-order valence-electron chi connectivity index (χ1n) is 8.35. The van der Waals surface area contributed by atoms with Gasteiger partial charge in [-0.2, -0.15) is 5.10 Å². The molecule has 2 rings (SSSR count). The van der Waals surface area contributed by atoms with E-state index in [9.17, 15) is 0 Å². The molecule has 0 fully saturated rings. The van der Waals surface area contributed by atoms with Crippen molar-refractivity contribution in [3.63, 3.8) is 0 Å². The Kier molecular flexibility index (Phi) is 7.14. The SMILES string of the molecule is CCNC(=NCc1cccc(OC)c1)NCCCn1cc(C)cn1. The molecular formula is C18H27N5O. The zero-order valence-electron chi connectivity index (χ0n) is 14.7. The van der Waals surface area contributed by atoms with Crippen molar-refractivity contribution >= 4 is 5.96 Å². The Morgan fingerprint density at radius 3 is 2.92 bits per heavy atom. The van der Waals surface area contributed by atoms with Crippen LogP contribution in [0.15, 0.2) is 41.7 Å². The van der Waals surface area contributed by atoms with Crippen LogP contribution in [0.25, 0.3) is 0 Å². The molecule has 0 amide bonds. The number of nitrogens with one attached hydrogen (secondary N) is 2. The average molecular weight is 329 g/mol. The van der Waals surface area contributed by atoms with Gasteiger partial charge in [0.05, 0.1) is 19.9 Å². The van der Waals surface area contributed by atoms with Gasteiger partial charge in [-0.1, -0.05) is 12.1 Å².